The van der Waals surface area contributed by atoms with Crippen LogP contribution in [-0.2, 0) is 6.42 Å². The van der Waals surface area contributed by atoms with Gasteiger partial charge in [-0.1, -0.05) is 122 Å². The van der Waals surface area contributed by atoms with Gasteiger partial charge in [0, 0.05) is 5.56 Å². The van der Waals surface area contributed by atoms with Crippen molar-refractivity contribution in [1.82, 2.24) is 0 Å². The summed E-state index contributed by atoms with van der Waals surface area (Å²) in [4.78, 5) is 12.5. The van der Waals surface area contributed by atoms with Crippen LogP contribution in [0.5, 0.6) is 5.75 Å². The number of hydrogen-bond acceptors (Lipinski definition) is 2. The van der Waals surface area contributed by atoms with Gasteiger partial charge in [-0.3, -0.25) is 4.79 Å². The van der Waals surface area contributed by atoms with Gasteiger partial charge in [0.1, 0.15) is 5.75 Å². The molecule has 0 aliphatic heterocycles. The van der Waals surface area contributed by atoms with Crippen LogP contribution in [-0.4, -0.2) is 12.4 Å². The first kappa shape index (κ1) is 29.9. The Bertz CT molecular complexity index is 846. The normalized spacial score (nSPS) is 11.4. The number of ether oxygens (including phenoxy) is 1. The first-order valence-electron chi connectivity index (χ1n) is 14.6. The van der Waals surface area contributed by atoms with Gasteiger partial charge in [0.25, 0.3) is 0 Å². The van der Waals surface area contributed by atoms with Crippen LogP contribution in [0, 0.1) is 5.92 Å². The summed E-state index contributed by atoms with van der Waals surface area (Å²) in [5.41, 5.74) is 3.12. The molecule has 0 spiro atoms. The highest BCUT2D eigenvalue weighted by Gasteiger charge is 2.03. The summed E-state index contributed by atoms with van der Waals surface area (Å²) in [6.07, 6.45) is 21.9. The highest BCUT2D eigenvalue weighted by Crippen LogP contribution is 2.16. The van der Waals surface area contributed by atoms with Crippen molar-refractivity contribution in [2.45, 2.75) is 111 Å². The SMILES string of the molecule is CCCCCCCCCCCCCOc1ccc(C(=O)C=Cc2ccc(CCCC(C)C)cc2)cc1. The molecule has 198 valence electrons. The maximum Gasteiger partial charge on any atom is 0.185 e. The molecule has 0 aliphatic carbocycles. The van der Waals surface area contributed by atoms with Gasteiger partial charge in [-0.2, -0.15) is 0 Å². The van der Waals surface area contributed by atoms with E-state index in [0.29, 0.717) is 5.56 Å². The van der Waals surface area contributed by atoms with Crippen LogP contribution >= 0.6 is 0 Å². The third-order valence-corrected chi connectivity index (χ3v) is 6.81. The van der Waals surface area contributed by atoms with Crippen LogP contribution in [0.1, 0.15) is 126 Å². The fourth-order valence-electron chi connectivity index (χ4n) is 4.45. The van der Waals surface area contributed by atoms with Crippen molar-refractivity contribution < 1.29 is 9.53 Å². The maximum atomic E-state index is 12.5. The van der Waals surface area contributed by atoms with E-state index in [1.165, 1.54) is 82.6 Å². The molecular weight excluding hydrogens is 440 g/mol. The second-order valence-electron chi connectivity index (χ2n) is 10.6. The Labute approximate surface area is 221 Å². The first-order chi connectivity index (χ1) is 17.6. The summed E-state index contributed by atoms with van der Waals surface area (Å²) >= 11 is 0. The van der Waals surface area contributed by atoms with Crippen molar-refractivity contribution in [1.29, 1.82) is 0 Å². The van der Waals surface area contributed by atoms with Crippen molar-refractivity contribution in [3.63, 3.8) is 0 Å². The van der Waals surface area contributed by atoms with Gasteiger partial charge in [-0.05, 0) is 66.6 Å². The molecule has 0 fully saturated rings. The molecule has 0 N–H and O–H groups in total. The van der Waals surface area contributed by atoms with E-state index in [4.69, 9.17) is 4.74 Å². The van der Waals surface area contributed by atoms with E-state index in [1.54, 1.807) is 6.08 Å². The Morgan fingerprint density at radius 3 is 1.92 bits per heavy atom. The topological polar surface area (TPSA) is 26.3 Å². The zero-order chi connectivity index (χ0) is 25.8. The van der Waals surface area contributed by atoms with E-state index in [-0.39, 0.29) is 5.78 Å². The largest absolute Gasteiger partial charge is 0.494 e. The van der Waals surface area contributed by atoms with Crippen LogP contribution in [0.2, 0.25) is 0 Å². The molecule has 2 rings (SSSR count). The van der Waals surface area contributed by atoms with Gasteiger partial charge >= 0.3 is 0 Å². The lowest BCUT2D eigenvalue weighted by Gasteiger charge is -2.07. The molecule has 0 aliphatic rings. The number of aryl methyl sites for hydroxylation is 1. The number of carbonyl (C=O) groups excluding carboxylic acids is 1. The molecule has 0 atom stereocenters. The zero-order valence-electron chi connectivity index (χ0n) is 23.3. The minimum atomic E-state index is 0.0212. The zero-order valence-corrected chi connectivity index (χ0v) is 23.3. The van der Waals surface area contributed by atoms with Gasteiger partial charge in [0.05, 0.1) is 6.61 Å². The van der Waals surface area contributed by atoms with Gasteiger partial charge in [-0.15, -0.1) is 0 Å². The van der Waals surface area contributed by atoms with Crippen LogP contribution in [0.3, 0.4) is 0 Å². The number of carbonyl (C=O) groups is 1. The lowest BCUT2D eigenvalue weighted by Crippen LogP contribution is -1.99. The van der Waals surface area contributed by atoms with Crippen LogP contribution in [0.4, 0.5) is 0 Å². The number of hydrogen-bond donors (Lipinski definition) is 0. The lowest BCUT2D eigenvalue weighted by atomic mass is 10.0. The number of unbranched alkanes of at least 4 members (excludes halogenated alkanes) is 10. The van der Waals surface area contributed by atoms with E-state index in [1.807, 2.05) is 30.3 Å². The maximum absolute atomic E-state index is 12.5. The Kier molecular flexibility index (Phi) is 15.6. The Morgan fingerprint density at radius 2 is 1.33 bits per heavy atom. The molecular formula is C34H50O2. The predicted molar refractivity (Wildman–Crippen MR) is 156 cm³/mol. The average Bonchev–Trinajstić information content (AvgIpc) is 2.89. The fraction of sp³-hybridized carbons (Fsp3) is 0.559. The fourth-order valence-corrected chi connectivity index (χ4v) is 4.45. The molecule has 0 amide bonds. The third-order valence-electron chi connectivity index (χ3n) is 6.81. The number of allylic oxidation sites excluding steroid dienone is 1. The molecule has 0 unspecified atom stereocenters. The summed E-state index contributed by atoms with van der Waals surface area (Å²) < 4.78 is 5.88. The molecule has 2 heteroatoms. The van der Waals surface area contributed by atoms with Gasteiger partial charge in [0.15, 0.2) is 5.78 Å². The molecule has 0 radical (unpaired) electrons. The Morgan fingerprint density at radius 1 is 0.750 bits per heavy atom. The predicted octanol–water partition coefficient (Wildman–Crippen LogP) is 10.3. The minimum Gasteiger partial charge on any atom is -0.494 e. The van der Waals surface area contributed by atoms with Crippen LogP contribution in [0.15, 0.2) is 54.6 Å². The van der Waals surface area contributed by atoms with Crippen LogP contribution in [0.25, 0.3) is 6.08 Å². The van der Waals surface area contributed by atoms with Gasteiger partial charge in [-0.25, -0.2) is 0 Å². The second kappa shape index (κ2) is 18.9. The summed E-state index contributed by atoms with van der Waals surface area (Å²) in [5.74, 6) is 1.62. The number of benzene rings is 2. The summed E-state index contributed by atoms with van der Waals surface area (Å²) in [7, 11) is 0. The van der Waals surface area contributed by atoms with Crippen LogP contribution < -0.4 is 4.74 Å². The van der Waals surface area contributed by atoms with Crippen molar-refractivity contribution in [2.75, 3.05) is 6.61 Å². The van der Waals surface area contributed by atoms with E-state index < -0.39 is 0 Å². The van der Waals surface area contributed by atoms with E-state index in [2.05, 4.69) is 45.0 Å². The quantitative estimate of drug-likeness (QED) is 0.105. The molecule has 0 aromatic heterocycles. The molecule has 0 saturated heterocycles. The molecule has 2 aromatic rings. The first-order valence-corrected chi connectivity index (χ1v) is 14.6. The molecule has 2 nitrogen and oxygen atoms in total. The minimum absolute atomic E-state index is 0.0212. The Balaban J connectivity index is 1.59. The molecule has 0 saturated carbocycles. The van der Waals surface area contributed by atoms with Gasteiger partial charge in [0.2, 0.25) is 0 Å². The summed E-state index contributed by atoms with van der Waals surface area (Å²) in [5, 5.41) is 0. The summed E-state index contributed by atoms with van der Waals surface area (Å²) in [6, 6.07) is 16.1. The van der Waals surface area contributed by atoms with E-state index in [0.717, 1.165) is 36.7 Å². The van der Waals surface area contributed by atoms with Crippen molar-refractivity contribution >= 4 is 11.9 Å². The van der Waals surface area contributed by atoms with E-state index >= 15 is 0 Å². The van der Waals surface area contributed by atoms with Gasteiger partial charge < -0.3 is 4.74 Å². The Hall–Kier alpha value is -2.35. The third kappa shape index (κ3) is 13.7. The summed E-state index contributed by atoms with van der Waals surface area (Å²) in [6.45, 7) is 7.56. The monoisotopic (exact) mass is 490 g/mol. The smallest absolute Gasteiger partial charge is 0.185 e. The molecule has 2 aromatic carbocycles. The molecule has 36 heavy (non-hydrogen) atoms. The molecule has 0 heterocycles. The number of rotatable bonds is 20. The second-order valence-corrected chi connectivity index (χ2v) is 10.6. The standard InChI is InChI=1S/C34H50O2/c1-4-5-6-7-8-9-10-11-12-13-14-28-36-33-25-23-32(24-26-33)34(35)27-22-31-20-18-30(19-21-31)17-15-16-29(2)3/h18-27,29H,4-17,28H2,1-3H3. The number of ketones is 1. The average molecular weight is 491 g/mol. The van der Waals surface area contributed by atoms with Crippen molar-refractivity contribution in [3.8, 4) is 5.75 Å². The van der Waals surface area contributed by atoms with Crippen molar-refractivity contribution in [2.24, 2.45) is 5.92 Å². The highest BCUT2D eigenvalue weighted by molar-refractivity contribution is 6.06. The highest BCUT2D eigenvalue weighted by atomic mass is 16.5. The van der Waals surface area contributed by atoms with E-state index in [9.17, 15) is 4.79 Å². The van der Waals surface area contributed by atoms with Crippen molar-refractivity contribution in [3.05, 3.63) is 71.3 Å². The molecule has 0 bridgehead atoms. The lowest BCUT2D eigenvalue weighted by molar-refractivity contribution is 0.104.